The van der Waals surface area contributed by atoms with Gasteiger partial charge < -0.3 is 4.18 Å². The number of carbonyl (C=O) groups is 1. The molecule has 0 bridgehead atoms. The number of hydrogen-bond acceptors (Lipinski definition) is 3. The van der Waals surface area contributed by atoms with E-state index in [2.05, 4.69) is 23.7 Å². The van der Waals surface area contributed by atoms with Crippen LogP contribution in [0, 0.1) is 0 Å². The zero-order chi connectivity index (χ0) is 7.98. The molecule has 0 saturated carbocycles. The molecule has 0 amide bonds. The summed E-state index contributed by atoms with van der Waals surface area (Å²) in [7, 11) is 0. The molecule has 0 fully saturated rings. The first-order chi connectivity index (χ1) is 4.72. The first kappa shape index (κ1) is 9.30. The lowest BCUT2D eigenvalue weighted by Crippen LogP contribution is -1.97. The molecular formula is C7H10O2S. The third-order valence-electron chi connectivity index (χ3n) is 0.996. The zero-order valence-corrected chi connectivity index (χ0v) is 6.73. The average molecular weight is 158 g/mol. The molecule has 0 aliphatic carbocycles. The van der Waals surface area contributed by atoms with Crippen molar-refractivity contribution in [3.8, 4) is 0 Å². The van der Waals surface area contributed by atoms with Gasteiger partial charge in [0.15, 0.2) is 0 Å². The minimum absolute atomic E-state index is 0.412. The molecule has 0 spiro atoms. The van der Waals surface area contributed by atoms with E-state index >= 15 is 0 Å². The average Bonchev–Trinajstić information content (AvgIpc) is 1.98. The highest BCUT2D eigenvalue weighted by Gasteiger charge is 2.00. The summed E-state index contributed by atoms with van der Waals surface area (Å²) in [5.41, 5.74) is 0.551. The first-order valence-electron chi connectivity index (χ1n) is 2.85. The van der Waals surface area contributed by atoms with E-state index in [1.165, 1.54) is 0 Å². The Morgan fingerprint density at radius 2 is 2.40 bits per heavy atom. The van der Waals surface area contributed by atoms with Gasteiger partial charge in [-0.2, -0.15) is 0 Å². The molecule has 0 aromatic heterocycles. The van der Waals surface area contributed by atoms with Crippen LogP contribution in [0.2, 0.25) is 0 Å². The van der Waals surface area contributed by atoms with Gasteiger partial charge in [-0.1, -0.05) is 12.2 Å². The molecule has 0 aliphatic rings. The molecule has 0 aliphatic heterocycles. The van der Waals surface area contributed by atoms with Crippen LogP contribution in [0.5, 0.6) is 0 Å². The second-order valence-corrected chi connectivity index (χ2v) is 1.97. The Bertz CT molecular complexity index is 161. The van der Waals surface area contributed by atoms with E-state index in [1.54, 1.807) is 19.1 Å². The number of carbonyl (C=O) groups excluding carboxylic acids is 1. The Labute approximate surface area is 66.2 Å². The summed E-state index contributed by atoms with van der Waals surface area (Å²) in [5, 5.41) is 0. The van der Waals surface area contributed by atoms with Gasteiger partial charge in [0.2, 0.25) is 0 Å². The van der Waals surface area contributed by atoms with E-state index in [-0.39, 0.29) is 0 Å². The van der Waals surface area contributed by atoms with Crippen molar-refractivity contribution in [2.45, 2.75) is 13.3 Å². The van der Waals surface area contributed by atoms with E-state index < -0.39 is 5.97 Å². The molecule has 0 aromatic carbocycles. The minimum Gasteiger partial charge on any atom is -0.391 e. The Morgan fingerprint density at radius 1 is 1.80 bits per heavy atom. The van der Waals surface area contributed by atoms with Crippen LogP contribution in [0.4, 0.5) is 0 Å². The van der Waals surface area contributed by atoms with Crippen molar-refractivity contribution in [2.75, 3.05) is 0 Å². The van der Waals surface area contributed by atoms with E-state index in [0.717, 1.165) is 0 Å². The Kier molecular flexibility index (Phi) is 4.76. The lowest BCUT2D eigenvalue weighted by Gasteiger charge is -1.93. The monoisotopic (exact) mass is 158 g/mol. The van der Waals surface area contributed by atoms with Gasteiger partial charge in [-0.3, -0.25) is 0 Å². The van der Waals surface area contributed by atoms with Crippen LogP contribution in [0.1, 0.15) is 13.3 Å². The zero-order valence-electron chi connectivity index (χ0n) is 5.83. The maximum atomic E-state index is 10.6. The molecule has 2 nitrogen and oxygen atoms in total. The fourth-order valence-corrected chi connectivity index (χ4v) is 0.559. The summed E-state index contributed by atoms with van der Waals surface area (Å²) < 4.78 is 4.16. The van der Waals surface area contributed by atoms with Gasteiger partial charge in [0.05, 0.1) is 0 Å². The van der Waals surface area contributed by atoms with E-state index in [4.69, 9.17) is 0 Å². The van der Waals surface area contributed by atoms with Crippen molar-refractivity contribution in [2.24, 2.45) is 0 Å². The highest BCUT2D eigenvalue weighted by atomic mass is 32.1. The van der Waals surface area contributed by atoms with Crippen molar-refractivity contribution in [1.29, 1.82) is 0 Å². The number of allylic oxidation sites excluding steroid dienone is 2. The second-order valence-electron chi connectivity index (χ2n) is 1.79. The van der Waals surface area contributed by atoms with Gasteiger partial charge in [0.1, 0.15) is 0 Å². The van der Waals surface area contributed by atoms with Gasteiger partial charge in [0, 0.05) is 18.5 Å². The summed E-state index contributed by atoms with van der Waals surface area (Å²) in [6.45, 7) is 5.17. The predicted molar refractivity (Wildman–Crippen MR) is 43.6 cm³/mol. The third-order valence-corrected chi connectivity index (χ3v) is 1.16. The van der Waals surface area contributed by atoms with Crippen LogP contribution in [0.15, 0.2) is 24.3 Å². The Morgan fingerprint density at radius 3 is 2.80 bits per heavy atom. The minimum atomic E-state index is -0.412. The first-order valence-corrected chi connectivity index (χ1v) is 3.22. The lowest BCUT2D eigenvalue weighted by molar-refractivity contribution is -0.128. The molecule has 0 unspecified atom stereocenters. The van der Waals surface area contributed by atoms with Gasteiger partial charge in [-0.05, 0) is 13.3 Å². The standard InChI is InChI=1S/C7H10O2S/c1-3-4-5-6(2)7(8)9-10/h3,5,10H,1,4H2,2H3. The van der Waals surface area contributed by atoms with Crippen LogP contribution >= 0.6 is 12.9 Å². The highest BCUT2D eigenvalue weighted by Crippen LogP contribution is 1.99. The molecule has 0 radical (unpaired) electrons. The van der Waals surface area contributed by atoms with E-state index in [1.807, 2.05) is 0 Å². The third kappa shape index (κ3) is 3.35. The smallest absolute Gasteiger partial charge is 0.345 e. The van der Waals surface area contributed by atoms with Crippen molar-refractivity contribution in [1.82, 2.24) is 0 Å². The maximum Gasteiger partial charge on any atom is 0.345 e. The fraction of sp³-hybridized carbons (Fsp3) is 0.286. The molecule has 3 heteroatoms. The van der Waals surface area contributed by atoms with Gasteiger partial charge in [-0.15, -0.1) is 6.58 Å². The Balaban J connectivity index is 3.91. The molecule has 0 rings (SSSR count). The molecular weight excluding hydrogens is 148 g/mol. The van der Waals surface area contributed by atoms with Gasteiger partial charge in [-0.25, -0.2) is 4.79 Å². The lowest BCUT2D eigenvalue weighted by atomic mass is 10.2. The largest absolute Gasteiger partial charge is 0.391 e. The van der Waals surface area contributed by atoms with E-state index in [9.17, 15) is 4.79 Å². The number of hydrogen-bond donors (Lipinski definition) is 1. The normalized spacial score (nSPS) is 10.8. The summed E-state index contributed by atoms with van der Waals surface area (Å²) in [6, 6.07) is 0. The fourth-order valence-electron chi connectivity index (χ4n) is 0.415. The van der Waals surface area contributed by atoms with Crippen LogP contribution in [0.25, 0.3) is 0 Å². The Hall–Kier alpha value is -0.700. The SMILES string of the molecule is C=CCC=C(C)C(=O)OS. The van der Waals surface area contributed by atoms with Crippen LogP contribution in [-0.2, 0) is 8.98 Å². The summed E-state index contributed by atoms with van der Waals surface area (Å²) in [6.07, 6.45) is 4.11. The number of rotatable bonds is 3. The quantitative estimate of drug-likeness (QED) is 0.294. The highest BCUT2D eigenvalue weighted by molar-refractivity contribution is 7.75. The van der Waals surface area contributed by atoms with Crippen molar-refractivity contribution in [3.05, 3.63) is 24.3 Å². The van der Waals surface area contributed by atoms with Crippen molar-refractivity contribution >= 4 is 18.9 Å². The van der Waals surface area contributed by atoms with Crippen LogP contribution < -0.4 is 0 Å². The second kappa shape index (κ2) is 5.11. The summed E-state index contributed by atoms with van der Waals surface area (Å²) in [5.74, 6) is -0.412. The molecule has 0 saturated heterocycles. The van der Waals surface area contributed by atoms with Crippen LogP contribution in [0.3, 0.4) is 0 Å². The van der Waals surface area contributed by atoms with E-state index in [0.29, 0.717) is 12.0 Å². The molecule has 0 heterocycles. The molecule has 0 atom stereocenters. The summed E-state index contributed by atoms with van der Waals surface area (Å²) >= 11 is 3.36. The molecule has 56 valence electrons. The van der Waals surface area contributed by atoms with Gasteiger partial charge in [0.25, 0.3) is 0 Å². The van der Waals surface area contributed by atoms with Gasteiger partial charge >= 0.3 is 5.97 Å². The van der Waals surface area contributed by atoms with Crippen LogP contribution in [-0.4, -0.2) is 5.97 Å². The molecule has 0 N–H and O–H groups in total. The predicted octanol–water partition coefficient (Wildman–Crippen LogP) is 1.90. The summed E-state index contributed by atoms with van der Waals surface area (Å²) in [4.78, 5) is 10.6. The van der Waals surface area contributed by atoms with Crippen molar-refractivity contribution in [3.63, 3.8) is 0 Å². The topological polar surface area (TPSA) is 26.3 Å². The molecule has 0 aromatic rings. The number of thiol groups is 1. The molecule has 10 heavy (non-hydrogen) atoms. The van der Waals surface area contributed by atoms with Crippen molar-refractivity contribution < 1.29 is 8.98 Å². The maximum absolute atomic E-state index is 10.6.